The lowest BCUT2D eigenvalue weighted by Crippen LogP contribution is -2.82. The van der Waals surface area contributed by atoms with Crippen molar-refractivity contribution in [2.75, 3.05) is 0 Å². The summed E-state index contributed by atoms with van der Waals surface area (Å²) in [5, 5.41) is 0. The van der Waals surface area contributed by atoms with Gasteiger partial charge in [0.15, 0.2) is 0 Å². The van der Waals surface area contributed by atoms with Gasteiger partial charge in [-0.05, 0) is 39.3 Å². The van der Waals surface area contributed by atoms with Gasteiger partial charge in [0.05, 0.1) is 0 Å². The van der Waals surface area contributed by atoms with E-state index in [-0.39, 0.29) is 0 Å². The molecule has 6 fully saturated rings. The van der Waals surface area contributed by atoms with Gasteiger partial charge in [-0.1, -0.05) is 11.4 Å². The molecule has 8 atom stereocenters. The fourth-order valence-electron chi connectivity index (χ4n) is 6.41. The second-order valence-corrected chi connectivity index (χ2v) is 40.2. The Morgan fingerprint density at radius 2 is 0.667 bits per heavy atom. The summed E-state index contributed by atoms with van der Waals surface area (Å²) in [5.74, 6) is 0. The Bertz CT molecular complexity index is 655. The molecule has 6 saturated heterocycles. The molecule has 0 aromatic heterocycles. The van der Waals surface area contributed by atoms with Crippen molar-refractivity contribution < 1.29 is 32.9 Å². The Kier molecular flexibility index (Phi) is 4.77. The molecule has 6 heterocycles. The average Bonchev–Trinajstić information content (AvgIpc) is 2.45. The third kappa shape index (κ3) is 3.61. The summed E-state index contributed by atoms with van der Waals surface area (Å²) in [5.41, 5.74) is 6.49. The van der Waals surface area contributed by atoms with Gasteiger partial charge in [0.1, 0.15) is 0 Å². The van der Waals surface area contributed by atoms with Crippen LogP contribution in [0.3, 0.4) is 0 Å². The predicted molar refractivity (Wildman–Crippen MR) is 130 cm³/mol. The van der Waals surface area contributed by atoms with Crippen molar-refractivity contribution in [1.82, 2.24) is 0 Å². The average molecular weight is 553 g/mol. The van der Waals surface area contributed by atoms with Gasteiger partial charge in [0.25, 0.3) is 0 Å². The molecule has 0 spiro atoms. The van der Waals surface area contributed by atoms with Crippen LogP contribution in [0.4, 0.5) is 0 Å². The SMILES string of the molecule is C=C[Si]12C[Si]3(C)O[Si]4(C)C[Si]5(C=C)O[Si](C)(C[Si](C)(O[Si](C)(C[Si](C)(O4)O1)O5)O2)O3. The first-order valence-corrected chi connectivity index (χ1v) is 29.8. The second kappa shape index (κ2) is 6.31. The molecular formula is C14H32O8Si8. The largest absolute Gasteiger partial charge is 0.416 e. The number of hydrogen-bond acceptors (Lipinski definition) is 8. The summed E-state index contributed by atoms with van der Waals surface area (Å²) in [7, 11) is -22.1. The monoisotopic (exact) mass is 552 g/mol. The standard InChI is InChI=1S/C14H32O8Si8/c1-9-29-13-27(7)17-26(6)11-23(3,19-29)15-24(4)12-25(5,21-29)16-28(8,18-27)14-30(10-2,20-24)22-26/h9-10H,1-2,11-14H2,3-8H3. The fourth-order valence-corrected chi connectivity index (χ4v) is 71.0. The van der Waals surface area contributed by atoms with Gasteiger partial charge in [0.2, 0.25) is 0 Å². The van der Waals surface area contributed by atoms with Crippen LogP contribution in [0.1, 0.15) is 0 Å². The van der Waals surface area contributed by atoms with Gasteiger partial charge in [-0.15, -0.1) is 13.2 Å². The minimum absolute atomic E-state index is 0.651. The Labute approximate surface area is 187 Å². The Hall–Kier alpha value is 0.895. The summed E-state index contributed by atoms with van der Waals surface area (Å²) in [6.45, 7) is 21.1. The molecule has 30 heavy (non-hydrogen) atoms. The lowest BCUT2D eigenvalue weighted by atomic mass is 11.3. The van der Waals surface area contributed by atoms with Gasteiger partial charge in [-0.2, -0.15) is 0 Å². The van der Waals surface area contributed by atoms with E-state index in [4.69, 9.17) is 32.9 Å². The predicted octanol–water partition coefficient (Wildman–Crippen LogP) is 3.11. The molecule has 8 nitrogen and oxygen atoms in total. The first-order chi connectivity index (χ1) is 13.6. The van der Waals surface area contributed by atoms with E-state index < -0.39 is 68.5 Å². The third-order valence-electron chi connectivity index (χ3n) is 6.32. The van der Waals surface area contributed by atoms with E-state index in [9.17, 15) is 0 Å². The van der Waals surface area contributed by atoms with Gasteiger partial charge >= 0.3 is 68.5 Å². The van der Waals surface area contributed by atoms with E-state index in [1.807, 2.05) is 11.4 Å². The zero-order valence-corrected chi connectivity index (χ0v) is 26.7. The fraction of sp³-hybridized carbons (Fsp3) is 0.714. The summed E-state index contributed by atoms with van der Waals surface area (Å²) in [6, 6.07) is 0. The van der Waals surface area contributed by atoms with Crippen molar-refractivity contribution in [3.8, 4) is 0 Å². The molecular weight excluding hydrogens is 521 g/mol. The van der Waals surface area contributed by atoms with E-state index in [0.29, 0.717) is 22.7 Å². The summed E-state index contributed by atoms with van der Waals surface area (Å²) in [4.78, 5) is 0. The van der Waals surface area contributed by atoms with Gasteiger partial charge in [-0.25, -0.2) is 0 Å². The Morgan fingerprint density at radius 1 is 0.433 bits per heavy atom. The maximum absolute atomic E-state index is 7.04. The second-order valence-electron chi connectivity index (χ2n) is 10.4. The Morgan fingerprint density at radius 3 is 0.900 bits per heavy atom. The van der Waals surface area contributed by atoms with Crippen LogP contribution < -0.4 is 0 Å². The highest BCUT2D eigenvalue weighted by molar-refractivity contribution is 7.13. The maximum Gasteiger partial charge on any atom is 0.348 e. The van der Waals surface area contributed by atoms with Crippen molar-refractivity contribution in [1.29, 1.82) is 0 Å². The van der Waals surface area contributed by atoms with Gasteiger partial charge < -0.3 is 32.9 Å². The molecule has 0 amide bonds. The molecule has 8 bridgehead atoms. The van der Waals surface area contributed by atoms with Gasteiger partial charge in [-0.3, -0.25) is 0 Å². The quantitative estimate of drug-likeness (QED) is 0.484. The van der Waals surface area contributed by atoms with Crippen LogP contribution >= 0.6 is 0 Å². The normalized spacial score (nSPS) is 62.1. The van der Waals surface area contributed by atoms with Crippen molar-refractivity contribution in [3.63, 3.8) is 0 Å². The Balaban J connectivity index is 1.82. The van der Waals surface area contributed by atoms with Crippen LogP contribution in [0, 0.1) is 0 Å². The highest BCUT2D eigenvalue weighted by atomic mass is 28.6. The van der Waals surface area contributed by atoms with E-state index in [1.54, 1.807) is 0 Å². The topological polar surface area (TPSA) is 73.8 Å². The van der Waals surface area contributed by atoms with E-state index in [0.717, 1.165) is 0 Å². The van der Waals surface area contributed by atoms with Crippen LogP contribution in [-0.2, 0) is 32.9 Å². The highest BCUT2D eigenvalue weighted by Gasteiger charge is 2.74. The molecule has 0 aromatic carbocycles. The maximum atomic E-state index is 7.04. The smallest absolute Gasteiger partial charge is 0.348 e. The van der Waals surface area contributed by atoms with E-state index in [2.05, 4.69) is 52.4 Å². The number of rotatable bonds is 2. The molecule has 168 valence electrons. The van der Waals surface area contributed by atoms with Crippen LogP contribution in [0.5, 0.6) is 0 Å². The van der Waals surface area contributed by atoms with Crippen LogP contribution in [0.15, 0.2) is 24.6 Å². The first kappa shape index (κ1) is 22.7. The van der Waals surface area contributed by atoms with Crippen molar-refractivity contribution in [2.45, 2.75) is 62.0 Å². The molecule has 0 saturated carbocycles. The van der Waals surface area contributed by atoms with Crippen LogP contribution in [0.2, 0.25) is 62.0 Å². The van der Waals surface area contributed by atoms with Crippen LogP contribution in [-0.4, -0.2) is 68.5 Å². The molecule has 0 aromatic rings. The number of hydrogen-bond donors (Lipinski definition) is 0. The molecule has 6 rings (SSSR count). The van der Waals surface area contributed by atoms with Crippen LogP contribution in [0.25, 0.3) is 0 Å². The van der Waals surface area contributed by atoms with Gasteiger partial charge in [0, 0.05) is 22.7 Å². The zero-order valence-electron chi connectivity index (χ0n) is 18.7. The third-order valence-corrected chi connectivity index (χ3v) is 53.2. The summed E-state index contributed by atoms with van der Waals surface area (Å²) < 4.78 is 56.1. The minimum Gasteiger partial charge on any atom is -0.416 e. The summed E-state index contributed by atoms with van der Waals surface area (Å²) >= 11 is 0. The molecule has 6 aliphatic rings. The molecule has 0 radical (unpaired) electrons. The molecule has 6 aliphatic heterocycles. The lowest BCUT2D eigenvalue weighted by Gasteiger charge is -2.62. The van der Waals surface area contributed by atoms with Crippen molar-refractivity contribution >= 4 is 68.5 Å². The van der Waals surface area contributed by atoms with Crippen molar-refractivity contribution in [3.05, 3.63) is 24.6 Å². The lowest BCUT2D eigenvalue weighted by molar-refractivity contribution is 0.183. The van der Waals surface area contributed by atoms with Crippen molar-refractivity contribution in [2.24, 2.45) is 0 Å². The summed E-state index contributed by atoms with van der Waals surface area (Å²) in [6.07, 6.45) is 0. The molecule has 0 N–H and O–H groups in total. The highest BCUT2D eigenvalue weighted by Crippen LogP contribution is 2.52. The zero-order chi connectivity index (χ0) is 21.9. The molecule has 8 unspecified atom stereocenters. The minimum atomic E-state index is -2.88. The molecule has 0 aliphatic carbocycles. The van der Waals surface area contributed by atoms with E-state index >= 15 is 0 Å². The van der Waals surface area contributed by atoms with E-state index in [1.165, 1.54) is 0 Å². The molecule has 16 heteroatoms. The first-order valence-electron chi connectivity index (χ1n) is 10.5.